The summed E-state index contributed by atoms with van der Waals surface area (Å²) in [6.07, 6.45) is 3.84. The lowest BCUT2D eigenvalue weighted by atomic mass is 9.63. The Morgan fingerprint density at radius 1 is 0.561 bits per heavy atom. The molecular weight excluding hydrogens is 500 g/mol. The lowest BCUT2D eigenvalue weighted by Crippen LogP contribution is -2.39. The van der Waals surface area contributed by atoms with Crippen LogP contribution in [-0.2, 0) is 15.6 Å². The van der Waals surface area contributed by atoms with Gasteiger partial charge in [0.1, 0.15) is 10.8 Å². The summed E-state index contributed by atoms with van der Waals surface area (Å²) in [5.74, 6) is 1.81. The summed E-state index contributed by atoms with van der Waals surface area (Å²) < 4.78 is 0. The van der Waals surface area contributed by atoms with E-state index in [4.69, 9.17) is 0 Å². The lowest BCUT2D eigenvalue weighted by molar-refractivity contribution is -0.122. The van der Waals surface area contributed by atoms with Gasteiger partial charge in [-0.1, -0.05) is 121 Å². The van der Waals surface area contributed by atoms with Crippen LogP contribution < -0.4 is 0 Å². The molecule has 2 unspecified atom stereocenters. The smallest absolute Gasteiger partial charge is 0.170 e. The molecule has 4 aromatic rings. The number of rotatable bonds is 5. The highest BCUT2D eigenvalue weighted by molar-refractivity contribution is 6.33. The zero-order valence-corrected chi connectivity index (χ0v) is 23.2. The Kier molecular flexibility index (Phi) is 5.59. The standard InChI is InChI=1S/C39H34O2/c40-25-32-30-21-23-33-34(24-22-31(30)32)39(29-19-11-4-12-20-29)36(27-15-7-2-8-16-27)35(26-13-5-1-6-14-26)38(33,37(39)41)28-17-9-3-10-18-28/h1-20,30-32,40H,21-25H2/t30-,31+,32+,38?,39?. The molecule has 4 aliphatic carbocycles. The minimum absolute atomic E-state index is 0.273. The minimum atomic E-state index is -0.852. The number of benzene rings is 4. The summed E-state index contributed by atoms with van der Waals surface area (Å²) in [6, 6.07) is 42.5. The van der Waals surface area contributed by atoms with E-state index in [1.165, 1.54) is 11.1 Å². The van der Waals surface area contributed by atoms with E-state index in [0.717, 1.165) is 59.1 Å². The van der Waals surface area contributed by atoms with Gasteiger partial charge in [-0.2, -0.15) is 0 Å². The number of allylic oxidation sites excluding steroid dienone is 4. The van der Waals surface area contributed by atoms with Crippen molar-refractivity contribution in [2.75, 3.05) is 6.61 Å². The van der Waals surface area contributed by atoms with E-state index in [-0.39, 0.29) is 6.61 Å². The molecule has 1 saturated carbocycles. The van der Waals surface area contributed by atoms with Crippen LogP contribution in [0.5, 0.6) is 0 Å². The molecule has 0 heterocycles. The van der Waals surface area contributed by atoms with Gasteiger partial charge in [0.25, 0.3) is 0 Å². The Morgan fingerprint density at radius 2 is 0.927 bits per heavy atom. The van der Waals surface area contributed by atoms with Crippen LogP contribution >= 0.6 is 0 Å². The first kappa shape index (κ1) is 24.8. The number of carbonyl (C=O) groups is 1. The van der Waals surface area contributed by atoms with Gasteiger partial charge in [0.2, 0.25) is 0 Å². The van der Waals surface area contributed by atoms with Gasteiger partial charge in [-0.05, 0) is 88.0 Å². The molecule has 202 valence electrons. The largest absolute Gasteiger partial charge is 0.396 e. The van der Waals surface area contributed by atoms with Gasteiger partial charge >= 0.3 is 0 Å². The van der Waals surface area contributed by atoms with E-state index in [0.29, 0.717) is 23.5 Å². The van der Waals surface area contributed by atoms with E-state index in [2.05, 4.69) is 121 Å². The van der Waals surface area contributed by atoms with E-state index in [9.17, 15) is 5.11 Å². The highest BCUT2D eigenvalue weighted by Crippen LogP contribution is 2.73. The van der Waals surface area contributed by atoms with Crippen molar-refractivity contribution >= 4 is 16.9 Å². The molecule has 4 aliphatic rings. The normalized spacial score (nSPS) is 30.1. The zero-order chi connectivity index (χ0) is 27.6. The van der Waals surface area contributed by atoms with E-state index in [1.807, 2.05) is 0 Å². The van der Waals surface area contributed by atoms with Gasteiger partial charge in [-0.3, -0.25) is 4.79 Å². The first-order chi connectivity index (χ1) is 20.2. The van der Waals surface area contributed by atoms with Gasteiger partial charge < -0.3 is 5.11 Å². The molecule has 1 N–H and O–H groups in total. The predicted octanol–water partition coefficient (Wildman–Crippen LogP) is 7.79. The molecule has 2 nitrogen and oxygen atoms in total. The second-order valence-corrected chi connectivity index (χ2v) is 12.3. The topological polar surface area (TPSA) is 37.3 Å². The number of hydrogen-bond donors (Lipinski definition) is 1. The van der Waals surface area contributed by atoms with E-state index >= 15 is 4.79 Å². The summed E-state index contributed by atoms with van der Waals surface area (Å²) in [5, 5.41) is 10.1. The van der Waals surface area contributed by atoms with E-state index in [1.54, 1.807) is 0 Å². The third-order valence-electron chi connectivity index (χ3n) is 10.7. The number of Topliss-reactive ketones (excluding diaryl/α,β-unsaturated/α-hetero) is 1. The van der Waals surface area contributed by atoms with Crippen LogP contribution in [0.2, 0.25) is 0 Å². The fourth-order valence-corrected chi connectivity index (χ4v) is 9.07. The SMILES string of the molecule is O=C1C2(c3ccccc3)C3=C(CC[C@H]4[C@H](CO)[C@H]4CC3)C1(c1ccccc1)C(c1ccccc1)=C2c1ccccc1. The van der Waals surface area contributed by atoms with Crippen LogP contribution in [0.1, 0.15) is 47.9 Å². The number of aliphatic hydroxyl groups is 1. The Bertz CT molecular complexity index is 1560. The van der Waals surface area contributed by atoms with Crippen molar-refractivity contribution in [2.45, 2.75) is 36.5 Å². The molecule has 41 heavy (non-hydrogen) atoms. The number of ketones is 1. The number of fused-ring (bicyclic) bond motifs is 5. The average Bonchev–Trinajstić information content (AvgIpc) is 3.58. The van der Waals surface area contributed by atoms with Gasteiger partial charge in [0, 0.05) is 6.61 Å². The maximum absolute atomic E-state index is 15.9. The lowest BCUT2D eigenvalue weighted by Gasteiger charge is -2.38. The van der Waals surface area contributed by atoms with Crippen LogP contribution in [0.4, 0.5) is 0 Å². The molecule has 0 spiro atoms. The van der Waals surface area contributed by atoms with Crippen LogP contribution in [0.3, 0.4) is 0 Å². The third-order valence-corrected chi connectivity index (χ3v) is 10.7. The first-order valence-corrected chi connectivity index (χ1v) is 15.1. The van der Waals surface area contributed by atoms with Crippen LogP contribution in [0.15, 0.2) is 132 Å². The summed E-state index contributed by atoms with van der Waals surface area (Å²) in [5.41, 5.74) is 7.62. The second-order valence-electron chi connectivity index (χ2n) is 12.3. The second kappa shape index (κ2) is 9.26. The Labute approximate surface area is 242 Å². The minimum Gasteiger partial charge on any atom is -0.396 e. The zero-order valence-electron chi connectivity index (χ0n) is 23.2. The maximum Gasteiger partial charge on any atom is 0.170 e. The molecule has 0 saturated heterocycles. The first-order valence-electron chi connectivity index (χ1n) is 15.1. The quantitative estimate of drug-likeness (QED) is 0.265. The molecule has 0 amide bonds. The number of hydrogen-bond acceptors (Lipinski definition) is 2. The summed E-state index contributed by atoms with van der Waals surface area (Å²) in [7, 11) is 0. The molecule has 1 fully saturated rings. The van der Waals surface area contributed by atoms with Gasteiger partial charge in [-0.15, -0.1) is 0 Å². The molecule has 0 radical (unpaired) electrons. The fraction of sp³-hybridized carbons (Fsp3) is 0.256. The maximum atomic E-state index is 15.9. The molecule has 5 atom stereocenters. The van der Waals surface area contributed by atoms with Crippen molar-refractivity contribution in [3.63, 3.8) is 0 Å². The molecule has 2 bridgehead atoms. The fourth-order valence-electron chi connectivity index (χ4n) is 9.07. The third kappa shape index (κ3) is 3.20. The predicted molar refractivity (Wildman–Crippen MR) is 164 cm³/mol. The molecule has 2 heteroatoms. The van der Waals surface area contributed by atoms with Crippen molar-refractivity contribution in [1.82, 2.24) is 0 Å². The average molecular weight is 535 g/mol. The molecule has 0 aromatic heterocycles. The van der Waals surface area contributed by atoms with E-state index < -0.39 is 10.8 Å². The molecule has 0 aliphatic heterocycles. The highest BCUT2D eigenvalue weighted by atomic mass is 16.3. The Hall–Kier alpha value is -4.01. The van der Waals surface area contributed by atoms with Crippen molar-refractivity contribution < 1.29 is 9.90 Å². The van der Waals surface area contributed by atoms with Crippen LogP contribution in [-0.4, -0.2) is 17.5 Å². The Balaban J connectivity index is 1.52. The molecular formula is C39H34O2. The van der Waals surface area contributed by atoms with Gasteiger partial charge in [0.05, 0.1) is 0 Å². The Morgan fingerprint density at radius 3 is 1.29 bits per heavy atom. The van der Waals surface area contributed by atoms with Crippen molar-refractivity contribution in [2.24, 2.45) is 17.8 Å². The summed E-state index contributed by atoms with van der Waals surface area (Å²) in [4.78, 5) is 15.9. The van der Waals surface area contributed by atoms with Crippen molar-refractivity contribution in [3.05, 3.63) is 155 Å². The summed E-state index contributed by atoms with van der Waals surface area (Å²) in [6.45, 7) is 0.273. The van der Waals surface area contributed by atoms with Crippen LogP contribution in [0.25, 0.3) is 11.1 Å². The van der Waals surface area contributed by atoms with Gasteiger partial charge in [0.15, 0.2) is 5.78 Å². The number of carbonyl (C=O) groups excluding carboxylic acids is 1. The molecule has 8 rings (SSSR count). The monoisotopic (exact) mass is 534 g/mol. The molecule has 4 aromatic carbocycles. The van der Waals surface area contributed by atoms with Crippen LogP contribution in [0, 0.1) is 17.8 Å². The number of aliphatic hydroxyl groups excluding tert-OH is 1. The van der Waals surface area contributed by atoms with Gasteiger partial charge in [-0.25, -0.2) is 0 Å². The van der Waals surface area contributed by atoms with Crippen molar-refractivity contribution in [3.8, 4) is 0 Å². The highest BCUT2D eigenvalue weighted by Gasteiger charge is 2.71. The summed E-state index contributed by atoms with van der Waals surface area (Å²) >= 11 is 0. The van der Waals surface area contributed by atoms with Crippen molar-refractivity contribution in [1.29, 1.82) is 0 Å².